The number of aromatic nitrogens is 1. The number of carboxylic acid groups (broad SMARTS) is 1. The molecular weight excluding hydrogens is 459 g/mol. The first-order chi connectivity index (χ1) is 14.3. The maximum Gasteiger partial charge on any atom is 0.314 e. The highest BCUT2D eigenvalue weighted by atomic mass is 35.5. The third kappa shape index (κ3) is 4.03. The minimum atomic E-state index is -0.822. The fourth-order valence-electron chi connectivity index (χ4n) is 3.82. The Morgan fingerprint density at radius 1 is 1.16 bits per heavy atom. The molecule has 0 spiro atoms. The van der Waals surface area contributed by atoms with Gasteiger partial charge in [0.2, 0.25) is 0 Å². The number of rotatable bonds is 6. The number of amides is 1. The van der Waals surface area contributed by atoms with E-state index in [0.29, 0.717) is 39.5 Å². The van der Waals surface area contributed by atoms with E-state index in [4.69, 9.17) is 23.2 Å². The van der Waals surface area contributed by atoms with E-state index in [1.165, 1.54) is 0 Å². The Labute approximate surface area is 196 Å². The van der Waals surface area contributed by atoms with Gasteiger partial charge in [0, 0.05) is 18.0 Å². The molecule has 0 bridgehead atoms. The highest BCUT2D eigenvalue weighted by Crippen LogP contribution is 2.48. The number of aliphatic hydroxyl groups excluding tert-OH is 1. The van der Waals surface area contributed by atoms with Crippen LogP contribution in [0.3, 0.4) is 0 Å². The summed E-state index contributed by atoms with van der Waals surface area (Å²) in [5, 5.41) is 23.6. The van der Waals surface area contributed by atoms with Crippen molar-refractivity contribution in [3.63, 3.8) is 0 Å². The van der Waals surface area contributed by atoms with Gasteiger partial charge < -0.3 is 20.1 Å². The fraction of sp³-hybridized carbons (Fsp3) is 0.273. The molecule has 1 aliphatic rings. The Kier molecular flexibility index (Phi) is 6.62. The number of aliphatic hydroxyl groups is 1. The predicted octanol–water partition coefficient (Wildman–Crippen LogP) is 4.18. The van der Waals surface area contributed by atoms with Crippen molar-refractivity contribution in [2.24, 2.45) is 7.05 Å². The minimum absolute atomic E-state index is 0. The smallest absolute Gasteiger partial charge is 0.314 e. The van der Waals surface area contributed by atoms with Gasteiger partial charge in [0.05, 0.1) is 28.1 Å². The first kappa shape index (κ1) is 23.5. The quantitative estimate of drug-likeness (QED) is 0.493. The van der Waals surface area contributed by atoms with Crippen molar-refractivity contribution in [1.82, 2.24) is 9.88 Å². The van der Waals surface area contributed by atoms with Gasteiger partial charge in [-0.1, -0.05) is 47.5 Å². The molecule has 0 unspecified atom stereocenters. The molecule has 4 rings (SSSR count). The Morgan fingerprint density at radius 3 is 2.35 bits per heavy atom. The maximum atomic E-state index is 12.9. The summed E-state index contributed by atoms with van der Waals surface area (Å²) < 4.78 is 1.72. The van der Waals surface area contributed by atoms with E-state index in [1.54, 1.807) is 54.1 Å². The van der Waals surface area contributed by atoms with Gasteiger partial charge in [0.25, 0.3) is 5.91 Å². The van der Waals surface area contributed by atoms with Gasteiger partial charge in [0.15, 0.2) is 0 Å². The van der Waals surface area contributed by atoms with Gasteiger partial charge >= 0.3 is 5.97 Å². The highest BCUT2D eigenvalue weighted by molar-refractivity contribution is 7.59. The van der Waals surface area contributed by atoms with E-state index in [-0.39, 0.29) is 26.0 Å². The van der Waals surface area contributed by atoms with Crippen LogP contribution in [0.1, 0.15) is 40.5 Å². The van der Waals surface area contributed by atoms with Crippen molar-refractivity contribution in [1.29, 1.82) is 0 Å². The van der Waals surface area contributed by atoms with Gasteiger partial charge in [-0.15, -0.1) is 0 Å². The number of carbonyl (C=O) groups is 2. The van der Waals surface area contributed by atoms with Crippen molar-refractivity contribution in [2.75, 3.05) is 6.61 Å². The van der Waals surface area contributed by atoms with E-state index >= 15 is 0 Å². The molecule has 0 aliphatic heterocycles. The lowest BCUT2D eigenvalue weighted by atomic mass is 9.94. The Bertz CT molecular complexity index is 1160. The van der Waals surface area contributed by atoms with E-state index < -0.39 is 17.4 Å². The van der Waals surface area contributed by atoms with Gasteiger partial charge in [0.1, 0.15) is 5.69 Å². The van der Waals surface area contributed by atoms with Crippen molar-refractivity contribution < 1.29 is 19.8 Å². The van der Waals surface area contributed by atoms with E-state index in [0.717, 1.165) is 11.1 Å². The number of aliphatic carboxylic acids is 1. The Hall–Kier alpha value is -2.19. The van der Waals surface area contributed by atoms with Crippen molar-refractivity contribution in [3.8, 4) is 0 Å². The van der Waals surface area contributed by atoms with E-state index in [2.05, 4.69) is 5.32 Å². The molecule has 1 heterocycles. The number of halogens is 2. The molecule has 1 saturated carbocycles. The summed E-state index contributed by atoms with van der Waals surface area (Å²) >= 11 is 12.3. The van der Waals surface area contributed by atoms with Crippen LogP contribution in [0.2, 0.25) is 10.0 Å². The third-order valence-electron chi connectivity index (χ3n) is 5.86. The van der Waals surface area contributed by atoms with Crippen LogP contribution in [-0.4, -0.2) is 33.3 Å². The van der Waals surface area contributed by atoms with Gasteiger partial charge in [-0.2, -0.15) is 13.5 Å². The number of fused-ring (bicyclic) bond motifs is 1. The Morgan fingerprint density at radius 2 is 1.81 bits per heavy atom. The minimum Gasteiger partial charge on any atom is -0.481 e. The highest BCUT2D eigenvalue weighted by Gasteiger charge is 2.51. The molecule has 0 saturated heterocycles. The van der Waals surface area contributed by atoms with Crippen molar-refractivity contribution in [2.45, 2.75) is 24.3 Å². The molecule has 164 valence electrons. The second kappa shape index (κ2) is 8.74. The lowest BCUT2D eigenvalue weighted by Crippen LogP contribution is -2.32. The predicted molar refractivity (Wildman–Crippen MR) is 126 cm³/mol. The van der Waals surface area contributed by atoms with Crippen LogP contribution in [0.25, 0.3) is 10.9 Å². The average molecular weight is 481 g/mol. The number of hydrogen-bond donors (Lipinski definition) is 3. The monoisotopic (exact) mass is 480 g/mol. The molecule has 2 aromatic carbocycles. The molecule has 3 aromatic rings. The number of hydrogen-bond acceptors (Lipinski definition) is 3. The SMILES string of the molecule is Cn1c(C(=O)N[C@H](CO)c2ccc(C3(C(=O)O)CC3)cc2)cc2c(Cl)c(Cl)ccc21.S. The van der Waals surface area contributed by atoms with Crippen LogP contribution in [-0.2, 0) is 17.3 Å². The fourth-order valence-corrected chi connectivity index (χ4v) is 4.20. The van der Waals surface area contributed by atoms with Crippen LogP contribution in [0.4, 0.5) is 0 Å². The summed E-state index contributed by atoms with van der Waals surface area (Å²) in [6, 6.07) is 11.5. The largest absolute Gasteiger partial charge is 0.481 e. The normalized spacial score (nSPS) is 15.2. The molecule has 3 N–H and O–H groups in total. The summed E-state index contributed by atoms with van der Waals surface area (Å²) in [5.74, 6) is -1.19. The maximum absolute atomic E-state index is 12.9. The molecule has 9 heteroatoms. The van der Waals surface area contributed by atoms with E-state index in [9.17, 15) is 19.8 Å². The standard InChI is InChI=1S/C22H20Cl2N2O4.H2S/c1-26-17-7-6-15(23)19(24)14(17)10-18(26)20(28)25-16(11-27)12-2-4-13(5-3-12)22(8-9-22)21(29)30;/h2-7,10,16,27H,8-9,11H2,1H3,(H,25,28)(H,29,30);1H2/t16-;/m1./s1. The van der Waals surface area contributed by atoms with Crippen LogP contribution in [0, 0.1) is 0 Å². The Balaban J connectivity index is 0.00000272. The molecule has 1 atom stereocenters. The number of aryl methyl sites for hydroxylation is 1. The van der Waals surface area contributed by atoms with Gasteiger partial charge in [-0.3, -0.25) is 9.59 Å². The first-order valence-electron chi connectivity index (χ1n) is 9.47. The number of nitrogens with one attached hydrogen (secondary N) is 1. The van der Waals surface area contributed by atoms with E-state index in [1.807, 2.05) is 0 Å². The van der Waals surface area contributed by atoms with Crippen LogP contribution < -0.4 is 5.32 Å². The zero-order chi connectivity index (χ0) is 21.6. The van der Waals surface area contributed by atoms with Crippen LogP contribution in [0.15, 0.2) is 42.5 Å². The van der Waals surface area contributed by atoms with Crippen LogP contribution in [0.5, 0.6) is 0 Å². The number of carboxylic acids is 1. The zero-order valence-electron chi connectivity index (χ0n) is 16.7. The topological polar surface area (TPSA) is 91.6 Å². The third-order valence-corrected chi connectivity index (χ3v) is 6.68. The summed E-state index contributed by atoms with van der Waals surface area (Å²) in [6.45, 7) is -0.300. The molecule has 1 fully saturated rings. The van der Waals surface area contributed by atoms with Crippen molar-refractivity contribution in [3.05, 3.63) is 69.3 Å². The van der Waals surface area contributed by atoms with Gasteiger partial charge in [-0.05, 0) is 42.2 Å². The van der Waals surface area contributed by atoms with Crippen molar-refractivity contribution >= 4 is 59.5 Å². The molecule has 1 amide bonds. The van der Waals surface area contributed by atoms with Gasteiger partial charge in [-0.25, -0.2) is 0 Å². The number of carbonyl (C=O) groups excluding carboxylic acids is 1. The summed E-state index contributed by atoms with van der Waals surface area (Å²) in [4.78, 5) is 24.4. The molecule has 1 aromatic heterocycles. The first-order valence-corrected chi connectivity index (χ1v) is 10.2. The average Bonchev–Trinajstić information content (AvgIpc) is 3.48. The summed E-state index contributed by atoms with van der Waals surface area (Å²) in [7, 11) is 1.76. The summed E-state index contributed by atoms with van der Waals surface area (Å²) in [5.41, 5.74) is 1.78. The molecule has 6 nitrogen and oxygen atoms in total. The second-order valence-electron chi connectivity index (χ2n) is 7.60. The van der Waals surface area contributed by atoms with Crippen LogP contribution >= 0.6 is 36.7 Å². The molecule has 31 heavy (non-hydrogen) atoms. The molecule has 1 aliphatic carbocycles. The lowest BCUT2D eigenvalue weighted by Gasteiger charge is -2.18. The lowest BCUT2D eigenvalue weighted by molar-refractivity contribution is -0.140. The number of nitrogens with zero attached hydrogens (tertiary/aromatic N) is 1. The molecule has 0 radical (unpaired) electrons. The molecular formula is C22H22Cl2N2O4S. The zero-order valence-corrected chi connectivity index (χ0v) is 19.2. The number of benzene rings is 2. The summed E-state index contributed by atoms with van der Waals surface area (Å²) in [6.07, 6.45) is 1.24. The second-order valence-corrected chi connectivity index (χ2v) is 8.39.